The lowest BCUT2D eigenvalue weighted by Gasteiger charge is -2.15. The van der Waals surface area contributed by atoms with Crippen LogP contribution in [0.25, 0.3) is 0 Å². The van der Waals surface area contributed by atoms with E-state index in [0.29, 0.717) is 16.8 Å². The summed E-state index contributed by atoms with van der Waals surface area (Å²) in [7, 11) is 2.00. The van der Waals surface area contributed by atoms with E-state index in [1.54, 1.807) is 18.2 Å². The second-order valence-corrected chi connectivity index (χ2v) is 5.41. The van der Waals surface area contributed by atoms with E-state index in [-0.39, 0.29) is 16.6 Å². The molecule has 0 radical (unpaired) electrons. The van der Waals surface area contributed by atoms with Crippen LogP contribution in [0.15, 0.2) is 24.3 Å². The number of aromatic carboxylic acids is 1. The van der Waals surface area contributed by atoms with Gasteiger partial charge in [0.2, 0.25) is 0 Å². The molecule has 23 heavy (non-hydrogen) atoms. The first-order valence-corrected chi connectivity index (χ1v) is 7.80. The molecule has 1 atom stereocenters. The lowest BCUT2D eigenvalue weighted by atomic mass is 10.1. The number of halogens is 3. The highest BCUT2D eigenvalue weighted by Gasteiger charge is 2.20. The van der Waals surface area contributed by atoms with Crippen molar-refractivity contribution in [1.82, 2.24) is 0 Å². The van der Waals surface area contributed by atoms with Crippen molar-refractivity contribution in [2.24, 2.45) is 0 Å². The van der Waals surface area contributed by atoms with Crippen LogP contribution in [-0.4, -0.2) is 11.1 Å². The van der Waals surface area contributed by atoms with Crippen LogP contribution in [0.2, 0.25) is 5.02 Å². The zero-order chi connectivity index (χ0) is 17.7. The number of rotatable bonds is 3. The minimum absolute atomic E-state index is 0.0582. The van der Waals surface area contributed by atoms with Gasteiger partial charge in [-0.1, -0.05) is 31.5 Å². The summed E-state index contributed by atoms with van der Waals surface area (Å²) < 4.78 is 27.0. The Labute approximate surface area is 140 Å². The van der Waals surface area contributed by atoms with Crippen LogP contribution in [0, 0.1) is 18.6 Å². The van der Waals surface area contributed by atoms with Gasteiger partial charge in [0.05, 0.1) is 22.0 Å². The predicted molar refractivity (Wildman–Crippen MR) is 93.5 cm³/mol. The Hall–Kier alpha value is -1.71. The van der Waals surface area contributed by atoms with Crippen molar-refractivity contribution in [2.75, 3.05) is 5.32 Å². The standard InChI is InChI=1S/C14H11ClF2NO2P.C2H6/c1-6-2-3-10(8(15)4-6)18-12-7(14(19)20)5-9(16)11(17)13(12)21;1-2/h2-5,18H,21H2,1H3,(H,19,20);1-2H3. The predicted octanol–water partition coefficient (Wildman–Crippen LogP) is 4.90. The van der Waals surface area contributed by atoms with Gasteiger partial charge in [-0.25, -0.2) is 13.6 Å². The highest BCUT2D eigenvalue weighted by molar-refractivity contribution is 7.28. The Kier molecular flexibility index (Phi) is 6.92. The molecule has 0 saturated carbocycles. The minimum Gasteiger partial charge on any atom is -0.478 e. The molecule has 0 amide bonds. The SMILES string of the molecule is CC.Cc1ccc(Nc2c(C(=O)O)cc(F)c(F)c2P)c(Cl)c1. The number of nitrogens with one attached hydrogen (secondary N) is 1. The smallest absolute Gasteiger partial charge is 0.337 e. The lowest BCUT2D eigenvalue weighted by molar-refractivity contribution is 0.0697. The van der Waals surface area contributed by atoms with E-state index < -0.39 is 17.6 Å². The largest absolute Gasteiger partial charge is 0.478 e. The maximum Gasteiger partial charge on any atom is 0.337 e. The summed E-state index contributed by atoms with van der Waals surface area (Å²) in [6.07, 6.45) is 0. The van der Waals surface area contributed by atoms with Gasteiger partial charge in [-0.3, -0.25) is 0 Å². The molecule has 2 N–H and O–H groups in total. The summed E-state index contributed by atoms with van der Waals surface area (Å²) in [5, 5.41) is 12.0. The average molecular weight is 360 g/mol. The number of hydrogen-bond donors (Lipinski definition) is 2. The molecular formula is C16H17ClF2NO2P. The monoisotopic (exact) mass is 359 g/mol. The Morgan fingerprint density at radius 1 is 1.26 bits per heavy atom. The second kappa shape index (κ2) is 8.23. The molecule has 0 bridgehead atoms. The third-order valence-electron chi connectivity index (χ3n) is 2.87. The van der Waals surface area contributed by atoms with Gasteiger partial charge in [0.1, 0.15) is 0 Å². The zero-order valence-corrected chi connectivity index (χ0v) is 14.8. The van der Waals surface area contributed by atoms with E-state index in [1.165, 1.54) is 0 Å². The molecule has 0 fully saturated rings. The summed E-state index contributed by atoms with van der Waals surface area (Å²) in [5.41, 5.74) is 0.882. The second-order valence-electron chi connectivity index (χ2n) is 4.42. The Balaban J connectivity index is 0.00000127. The number of hydrogen-bond acceptors (Lipinski definition) is 2. The number of carboxylic acids is 1. The molecule has 1 unspecified atom stereocenters. The highest BCUT2D eigenvalue weighted by atomic mass is 35.5. The first-order valence-electron chi connectivity index (χ1n) is 6.85. The quantitative estimate of drug-likeness (QED) is 0.767. The number of carboxylic acid groups (broad SMARTS) is 1. The maximum atomic E-state index is 13.6. The zero-order valence-electron chi connectivity index (χ0n) is 12.9. The minimum atomic E-state index is -1.37. The van der Waals surface area contributed by atoms with Gasteiger partial charge in [0.25, 0.3) is 0 Å². The molecule has 0 heterocycles. The van der Waals surface area contributed by atoms with Crippen molar-refractivity contribution in [3.63, 3.8) is 0 Å². The summed E-state index contributed by atoms with van der Waals surface area (Å²) in [6.45, 7) is 5.84. The Morgan fingerprint density at radius 2 is 1.87 bits per heavy atom. The first-order chi connectivity index (χ1) is 10.8. The molecule has 2 aromatic rings. The molecule has 2 aromatic carbocycles. The van der Waals surface area contributed by atoms with Crippen molar-refractivity contribution in [3.8, 4) is 0 Å². The van der Waals surface area contributed by atoms with Crippen molar-refractivity contribution >= 4 is 43.5 Å². The van der Waals surface area contributed by atoms with Crippen molar-refractivity contribution in [2.45, 2.75) is 20.8 Å². The number of aryl methyl sites for hydroxylation is 1. The van der Waals surface area contributed by atoms with Gasteiger partial charge >= 0.3 is 5.97 Å². The topological polar surface area (TPSA) is 49.3 Å². The summed E-state index contributed by atoms with van der Waals surface area (Å²) >= 11 is 6.05. The van der Waals surface area contributed by atoms with Gasteiger partial charge in [-0.15, -0.1) is 9.24 Å². The van der Waals surface area contributed by atoms with E-state index >= 15 is 0 Å². The molecular weight excluding hydrogens is 343 g/mol. The fourth-order valence-electron chi connectivity index (χ4n) is 1.81. The molecule has 7 heteroatoms. The molecule has 0 saturated heterocycles. The summed E-state index contributed by atoms with van der Waals surface area (Å²) in [6, 6.07) is 5.70. The van der Waals surface area contributed by atoms with Crippen LogP contribution < -0.4 is 10.6 Å². The first kappa shape index (κ1) is 19.3. The number of carbonyl (C=O) groups is 1. The molecule has 0 aliphatic rings. The Bertz CT molecular complexity index is 739. The lowest BCUT2D eigenvalue weighted by Crippen LogP contribution is -2.15. The molecule has 0 aromatic heterocycles. The van der Waals surface area contributed by atoms with Crippen LogP contribution >= 0.6 is 20.8 Å². The molecule has 0 spiro atoms. The number of benzene rings is 2. The van der Waals surface area contributed by atoms with E-state index in [0.717, 1.165) is 5.56 Å². The van der Waals surface area contributed by atoms with Crippen LogP contribution in [0.1, 0.15) is 29.8 Å². The van der Waals surface area contributed by atoms with Crippen LogP contribution in [0.5, 0.6) is 0 Å². The summed E-state index contributed by atoms with van der Waals surface area (Å²) in [4.78, 5) is 11.2. The van der Waals surface area contributed by atoms with E-state index in [4.69, 9.17) is 16.7 Å². The van der Waals surface area contributed by atoms with Crippen molar-refractivity contribution < 1.29 is 18.7 Å². The van der Waals surface area contributed by atoms with E-state index in [1.807, 2.05) is 30.0 Å². The molecule has 3 nitrogen and oxygen atoms in total. The van der Waals surface area contributed by atoms with Crippen molar-refractivity contribution in [1.29, 1.82) is 0 Å². The third-order valence-corrected chi connectivity index (χ3v) is 3.73. The van der Waals surface area contributed by atoms with Gasteiger partial charge in [0, 0.05) is 5.30 Å². The number of anilines is 2. The van der Waals surface area contributed by atoms with Crippen molar-refractivity contribution in [3.05, 3.63) is 52.0 Å². The van der Waals surface area contributed by atoms with Crippen LogP contribution in [-0.2, 0) is 0 Å². The van der Waals surface area contributed by atoms with E-state index in [2.05, 4.69) is 5.32 Å². The Morgan fingerprint density at radius 3 is 2.39 bits per heavy atom. The van der Waals surface area contributed by atoms with Gasteiger partial charge < -0.3 is 10.4 Å². The van der Waals surface area contributed by atoms with E-state index in [9.17, 15) is 13.6 Å². The third kappa shape index (κ3) is 4.40. The van der Waals surface area contributed by atoms with Crippen LogP contribution in [0.4, 0.5) is 20.2 Å². The van der Waals surface area contributed by atoms with Gasteiger partial charge in [0.15, 0.2) is 11.6 Å². The fourth-order valence-corrected chi connectivity index (χ4v) is 2.45. The fraction of sp³-hybridized carbons (Fsp3) is 0.188. The van der Waals surface area contributed by atoms with Crippen LogP contribution in [0.3, 0.4) is 0 Å². The van der Waals surface area contributed by atoms with Gasteiger partial charge in [-0.05, 0) is 30.7 Å². The molecule has 0 aliphatic heterocycles. The molecule has 0 aliphatic carbocycles. The summed E-state index contributed by atoms with van der Waals surface area (Å²) in [5.74, 6) is -3.72. The normalized spacial score (nSPS) is 9.87. The molecule has 124 valence electrons. The highest BCUT2D eigenvalue weighted by Crippen LogP contribution is 2.29. The average Bonchev–Trinajstić information content (AvgIpc) is 2.51. The maximum absolute atomic E-state index is 13.6. The van der Waals surface area contributed by atoms with Gasteiger partial charge in [-0.2, -0.15) is 0 Å². The molecule has 2 rings (SSSR count).